The molecule has 0 bridgehead atoms. The van der Waals surface area contributed by atoms with Crippen LogP contribution >= 0.6 is 27.5 Å². The summed E-state index contributed by atoms with van der Waals surface area (Å²) in [5, 5.41) is 13.1. The minimum atomic E-state index is -0.722. The molecule has 2 aromatic carbocycles. The zero-order valence-electron chi connectivity index (χ0n) is 13.3. The smallest absolute Gasteiger partial charge is 0.339 e. The topological polar surface area (TPSA) is 108 Å². The Morgan fingerprint density at radius 2 is 2.00 bits per heavy atom. The molecule has 0 spiro atoms. The molecule has 0 aliphatic heterocycles. The predicted molar refractivity (Wildman–Crippen MR) is 97.7 cm³/mol. The third-order valence-corrected chi connectivity index (χ3v) is 4.17. The third-order valence-electron chi connectivity index (χ3n) is 3.17. The van der Waals surface area contributed by atoms with Crippen molar-refractivity contribution in [1.82, 2.24) is 0 Å². The summed E-state index contributed by atoms with van der Waals surface area (Å²) in [7, 11) is 1.46. The minimum Gasteiger partial charge on any atom is -0.497 e. The highest BCUT2D eigenvalue weighted by molar-refractivity contribution is 9.10. The fourth-order valence-electron chi connectivity index (χ4n) is 1.90. The first-order chi connectivity index (χ1) is 12.3. The SMILES string of the molecule is COc1ccc(Br)c(C(=O)OCC(=O)Nc2ccc([N+](=O)[O-])cc2Cl)c1. The van der Waals surface area contributed by atoms with Crippen molar-refractivity contribution in [2.75, 3.05) is 19.0 Å². The standard InChI is InChI=1S/C16H12BrClN2O6/c1-25-10-3-4-12(17)11(7-10)16(22)26-8-15(21)19-14-5-2-9(20(23)24)6-13(14)18/h2-7H,8H2,1H3,(H,19,21). The number of non-ortho nitro benzene ring substituents is 1. The molecule has 8 nitrogen and oxygen atoms in total. The molecular formula is C16H12BrClN2O6. The van der Waals surface area contributed by atoms with Crippen LogP contribution in [0.25, 0.3) is 0 Å². The van der Waals surface area contributed by atoms with Crippen molar-refractivity contribution in [1.29, 1.82) is 0 Å². The Kier molecular flexibility index (Phi) is 6.53. The van der Waals surface area contributed by atoms with Crippen molar-refractivity contribution in [2.45, 2.75) is 0 Å². The maximum Gasteiger partial charge on any atom is 0.339 e. The van der Waals surface area contributed by atoms with Crippen LogP contribution in [-0.2, 0) is 9.53 Å². The summed E-state index contributed by atoms with van der Waals surface area (Å²) in [5.74, 6) is -0.906. The van der Waals surface area contributed by atoms with Gasteiger partial charge in [0.25, 0.3) is 11.6 Å². The van der Waals surface area contributed by atoms with Gasteiger partial charge in [-0.15, -0.1) is 0 Å². The largest absolute Gasteiger partial charge is 0.497 e. The summed E-state index contributed by atoms with van der Waals surface area (Å²) in [6.07, 6.45) is 0. The van der Waals surface area contributed by atoms with Gasteiger partial charge in [0.15, 0.2) is 6.61 Å². The molecule has 0 heterocycles. The van der Waals surface area contributed by atoms with Gasteiger partial charge < -0.3 is 14.8 Å². The van der Waals surface area contributed by atoms with Gasteiger partial charge in [0.05, 0.1) is 28.3 Å². The van der Waals surface area contributed by atoms with Crippen molar-refractivity contribution >= 4 is 50.8 Å². The summed E-state index contributed by atoms with van der Waals surface area (Å²) >= 11 is 9.10. The van der Waals surface area contributed by atoms with E-state index in [4.69, 9.17) is 21.1 Å². The summed E-state index contributed by atoms with van der Waals surface area (Å²) in [6.45, 7) is -0.560. The molecule has 0 aromatic heterocycles. The second kappa shape index (κ2) is 8.63. The molecule has 0 atom stereocenters. The average molecular weight is 444 g/mol. The molecule has 0 aliphatic carbocycles. The van der Waals surface area contributed by atoms with Crippen LogP contribution < -0.4 is 10.1 Å². The lowest BCUT2D eigenvalue weighted by atomic mass is 10.2. The van der Waals surface area contributed by atoms with Gasteiger partial charge in [-0.05, 0) is 40.2 Å². The first kappa shape index (κ1) is 19.7. The quantitative estimate of drug-likeness (QED) is 0.413. The van der Waals surface area contributed by atoms with Crippen LogP contribution in [0.1, 0.15) is 10.4 Å². The lowest BCUT2D eigenvalue weighted by molar-refractivity contribution is -0.384. The molecule has 1 N–H and O–H groups in total. The van der Waals surface area contributed by atoms with Crippen LogP contribution in [0.3, 0.4) is 0 Å². The fraction of sp³-hybridized carbons (Fsp3) is 0.125. The van der Waals surface area contributed by atoms with Crippen molar-refractivity contribution < 1.29 is 24.0 Å². The maximum absolute atomic E-state index is 12.1. The number of nitro groups is 1. The van der Waals surface area contributed by atoms with E-state index < -0.39 is 23.4 Å². The first-order valence-corrected chi connectivity index (χ1v) is 8.23. The number of nitrogens with one attached hydrogen (secondary N) is 1. The van der Waals surface area contributed by atoms with Crippen LogP contribution in [-0.4, -0.2) is 30.5 Å². The number of halogens is 2. The number of benzene rings is 2. The Morgan fingerprint density at radius 1 is 1.27 bits per heavy atom. The predicted octanol–water partition coefficient (Wildman–Crippen LogP) is 3.81. The van der Waals surface area contributed by atoms with Crippen molar-refractivity contribution in [3.8, 4) is 5.75 Å². The minimum absolute atomic E-state index is 0.00517. The lowest BCUT2D eigenvalue weighted by Gasteiger charge is -2.09. The summed E-state index contributed by atoms with van der Waals surface area (Å²) in [6, 6.07) is 8.34. The molecule has 136 valence electrons. The van der Waals surface area contributed by atoms with E-state index in [1.807, 2.05) is 0 Å². The number of amides is 1. The van der Waals surface area contributed by atoms with Gasteiger partial charge in [0, 0.05) is 16.6 Å². The van der Waals surface area contributed by atoms with E-state index in [1.165, 1.54) is 25.3 Å². The molecule has 2 aromatic rings. The molecule has 2 rings (SSSR count). The molecule has 1 amide bonds. The highest BCUT2D eigenvalue weighted by atomic mass is 79.9. The van der Waals surface area contributed by atoms with E-state index >= 15 is 0 Å². The molecular weight excluding hydrogens is 432 g/mol. The van der Waals surface area contributed by atoms with Crippen molar-refractivity contribution in [2.24, 2.45) is 0 Å². The number of hydrogen-bond acceptors (Lipinski definition) is 6. The molecule has 10 heteroatoms. The Labute approximate surface area is 161 Å². The van der Waals surface area contributed by atoms with E-state index in [2.05, 4.69) is 21.2 Å². The first-order valence-electron chi connectivity index (χ1n) is 7.06. The highest BCUT2D eigenvalue weighted by Crippen LogP contribution is 2.27. The van der Waals surface area contributed by atoms with Crippen LogP contribution in [0.5, 0.6) is 5.75 Å². The Morgan fingerprint density at radius 3 is 2.62 bits per heavy atom. The molecule has 0 fully saturated rings. The molecule has 26 heavy (non-hydrogen) atoms. The van der Waals surface area contributed by atoms with E-state index in [1.54, 1.807) is 12.1 Å². The Bertz CT molecular complexity index is 874. The number of nitro benzene ring substituents is 1. The van der Waals surface area contributed by atoms with Gasteiger partial charge in [-0.1, -0.05) is 11.6 Å². The van der Waals surface area contributed by atoms with E-state index in [0.29, 0.717) is 10.2 Å². The highest BCUT2D eigenvalue weighted by Gasteiger charge is 2.16. The summed E-state index contributed by atoms with van der Waals surface area (Å²) < 4.78 is 10.5. The number of hydrogen-bond donors (Lipinski definition) is 1. The van der Waals surface area contributed by atoms with E-state index in [0.717, 1.165) is 6.07 Å². The molecule has 0 unspecified atom stereocenters. The van der Waals surface area contributed by atoms with E-state index in [-0.39, 0.29) is 22.0 Å². The van der Waals surface area contributed by atoms with Gasteiger partial charge >= 0.3 is 5.97 Å². The number of anilines is 1. The second-order valence-electron chi connectivity index (χ2n) is 4.89. The number of methoxy groups -OCH3 is 1. The molecule has 0 aliphatic rings. The van der Waals surface area contributed by atoms with Gasteiger partial charge in [-0.3, -0.25) is 14.9 Å². The van der Waals surface area contributed by atoms with Gasteiger partial charge in [0.2, 0.25) is 0 Å². The molecule has 0 saturated carbocycles. The number of carbonyl (C=O) groups excluding carboxylic acids is 2. The average Bonchev–Trinajstić information content (AvgIpc) is 2.61. The van der Waals surface area contributed by atoms with E-state index in [9.17, 15) is 19.7 Å². The zero-order valence-corrected chi connectivity index (χ0v) is 15.7. The van der Waals surface area contributed by atoms with Crippen molar-refractivity contribution in [3.05, 3.63) is 61.6 Å². The zero-order chi connectivity index (χ0) is 19.3. The monoisotopic (exact) mass is 442 g/mol. The number of nitrogens with zero attached hydrogens (tertiary/aromatic N) is 1. The number of ether oxygens (including phenoxy) is 2. The van der Waals surface area contributed by atoms with Crippen molar-refractivity contribution in [3.63, 3.8) is 0 Å². The van der Waals surface area contributed by atoms with Gasteiger partial charge in [-0.25, -0.2) is 4.79 Å². The number of rotatable bonds is 6. The van der Waals surface area contributed by atoms with Crippen LogP contribution in [0.2, 0.25) is 5.02 Å². The Balaban J connectivity index is 1.99. The Hall–Kier alpha value is -2.65. The van der Waals surface area contributed by atoms with Crippen LogP contribution in [0, 0.1) is 10.1 Å². The number of esters is 1. The van der Waals surface area contributed by atoms with Gasteiger partial charge in [0.1, 0.15) is 5.75 Å². The summed E-state index contributed by atoms with van der Waals surface area (Å²) in [4.78, 5) is 34.1. The number of carbonyl (C=O) groups is 2. The van der Waals surface area contributed by atoms with Crippen LogP contribution in [0.4, 0.5) is 11.4 Å². The van der Waals surface area contributed by atoms with Crippen LogP contribution in [0.15, 0.2) is 40.9 Å². The fourth-order valence-corrected chi connectivity index (χ4v) is 2.53. The normalized spacial score (nSPS) is 10.1. The molecule has 0 radical (unpaired) electrons. The lowest BCUT2D eigenvalue weighted by Crippen LogP contribution is -2.21. The summed E-state index contributed by atoms with van der Waals surface area (Å²) in [5.41, 5.74) is 0.161. The maximum atomic E-state index is 12.1. The second-order valence-corrected chi connectivity index (χ2v) is 6.15. The molecule has 0 saturated heterocycles. The van der Waals surface area contributed by atoms with Gasteiger partial charge in [-0.2, -0.15) is 0 Å². The third kappa shape index (κ3) is 4.93.